The minimum absolute atomic E-state index is 0.561. The van der Waals surface area contributed by atoms with E-state index in [1.807, 2.05) is 0 Å². The van der Waals surface area contributed by atoms with Gasteiger partial charge in [-0.05, 0) is 68.9 Å². The topological polar surface area (TPSA) is 41.3 Å². The summed E-state index contributed by atoms with van der Waals surface area (Å²) in [7, 11) is 0. The SMILES string of the molecule is NCC1CCCCC1Nc1cccc(CN2CCCC2)c1. The average Bonchev–Trinajstić information content (AvgIpc) is 3.01. The summed E-state index contributed by atoms with van der Waals surface area (Å²) < 4.78 is 0. The predicted octanol–water partition coefficient (Wildman–Crippen LogP) is 3.21. The maximum atomic E-state index is 5.94. The van der Waals surface area contributed by atoms with E-state index in [0.717, 1.165) is 13.1 Å². The molecule has 3 heteroatoms. The van der Waals surface area contributed by atoms with Gasteiger partial charge in [-0.1, -0.05) is 25.0 Å². The molecule has 1 saturated carbocycles. The molecule has 0 spiro atoms. The van der Waals surface area contributed by atoms with E-state index in [1.165, 1.54) is 62.9 Å². The van der Waals surface area contributed by atoms with Gasteiger partial charge in [-0.25, -0.2) is 0 Å². The first kappa shape index (κ1) is 14.9. The van der Waals surface area contributed by atoms with Crippen LogP contribution in [0.3, 0.4) is 0 Å². The highest BCUT2D eigenvalue weighted by Gasteiger charge is 2.23. The minimum atomic E-state index is 0.561. The molecule has 2 aliphatic rings. The van der Waals surface area contributed by atoms with Crippen molar-refractivity contribution in [3.63, 3.8) is 0 Å². The Hall–Kier alpha value is -1.06. The molecule has 1 aromatic carbocycles. The van der Waals surface area contributed by atoms with Crippen molar-refractivity contribution >= 4 is 5.69 Å². The number of rotatable bonds is 5. The summed E-state index contributed by atoms with van der Waals surface area (Å²) in [6.07, 6.45) is 7.94. The van der Waals surface area contributed by atoms with Crippen molar-refractivity contribution in [1.29, 1.82) is 0 Å². The summed E-state index contributed by atoms with van der Waals surface area (Å²) in [5.74, 6) is 0.640. The Morgan fingerprint density at radius 3 is 2.71 bits per heavy atom. The third kappa shape index (κ3) is 3.98. The highest BCUT2D eigenvalue weighted by Crippen LogP contribution is 2.27. The zero-order valence-electron chi connectivity index (χ0n) is 13.1. The average molecular weight is 287 g/mol. The molecule has 3 N–H and O–H groups in total. The van der Waals surface area contributed by atoms with Crippen molar-refractivity contribution in [2.75, 3.05) is 25.0 Å². The second-order valence-corrected chi connectivity index (χ2v) is 6.71. The lowest BCUT2D eigenvalue weighted by Gasteiger charge is -2.32. The standard InChI is InChI=1S/C18H29N3/c19-13-16-7-1-2-9-18(16)20-17-8-5-6-15(12-17)14-21-10-3-4-11-21/h5-6,8,12,16,18,20H,1-4,7,9-11,13-14,19H2. The van der Waals surface area contributed by atoms with Crippen molar-refractivity contribution in [3.8, 4) is 0 Å². The second-order valence-electron chi connectivity index (χ2n) is 6.71. The number of nitrogens with zero attached hydrogens (tertiary/aromatic N) is 1. The molecular formula is C18H29N3. The number of hydrogen-bond donors (Lipinski definition) is 2. The van der Waals surface area contributed by atoms with Gasteiger partial charge in [0.2, 0.25) is 0 Å². The Balaban J connectivity index is 1.61. The molecule has 2 fully saturated rings. The van der Waals surface area contributed by atoms with Crippen LogP contribution in [0, 0.1) is 5.92 Å². The first-order valence-corrected chi connectivity index (χ1v) is 8.63. The Labute approximate surface area is 128 Å². The van der Waals surface area contributed by atoms with Crippen LogP contribution < -0.4 is 11.1 Å². The molecule has 1 saturated heterocycles. The fraction of sp³-hybridized carbons (Fsp3) is 0.667. The number of anilines is 1. The summed E-state index contributed by atoms with van der Waals surface area (Å²) in [5.41, 5.74) is 8.65. The fourth-order valence-corrected chi connectivity index (χ4v) is 3.85. The van der Waals surface area contributed by atoms with Gasteiger partial charge in [0.05, 0.1) is 0 Å². The highest BCUT2D eigenvalue weighted by atomic mass is 15.1. The van der Waals surface area contributed by atoms with Crippen molar-refractivity contribution in [3.05, 3.63) is 29.8 Å². The number of hydrogen-bond acceptors (Lipinski definition) is 3. The van der Waals surface area contributed by atoms with Crippen LogP contribution >= 0.6 is 0 Å². The van der Waals surface area contributed by atoms with Crippen LogP contribution in [0.2, 0.25) is 0 Å². The van der Waals surface area contributed by atoms with E-state index in [2.05, 4.69) is 34.5 Å². The zero-order chi connectivity index (χ0) is 14.5. The number of likely N-dealkylation sites (tertiary alicyclic amines) is 1. The lowest BCUT2D eigenvalue weighted by atomic mass is 9.84. The van der Waals surface area contributed by atoms with Crippen molar-refractivity contribution in [2.45, 2.75) is 51.1 Å². The van der Waals surface area contributed by atoms with Crippen LogP contribution in [0.5, 0.6) is 0 Å². The molecule has 0 amide bonds. The van der Waals surface area contributed by atoms with Crippen molar-refractivity contribution < 1.29 is 0 Å². The molecule has 1 aliphatic carbocycles. The molecule has 2 atom stereocenters. The first-order valence-electron chi connectivity index (χ1n) is 8.63. The molecule has 116 valence electrons. The van der Waals surface area contributed by atoms with E-state index in [1.54, 1.807) is 0 Å². The van der Waals surface area contributed by atoms with Gasteiger partial charge in [-0.3, -0.25) is 4.90 Å². The van der Waals surface area contributed by atoms with Gasteiger partial charge in [-0.15, -0.1) is 0 Å². The minimum Gasteiger partial charge on any atom is -0.382 e. The summed E-state index contributed by atoms with van der Waals surface area (Å²) >= 11 is 0. The Morgan fingerprint density at radius 1 is 1.10 bits per heavy atom. The second kappa shape index (κ2) is 7.28. The van der Waals surface area contributed by atoms with Crippen LogP contribution in [0.1, 0.15) is 44.1 Å². The van der Waals surface area contributed by atoms with Gasteiger partial charge in [0.15, 0.2) is 0 Å². The molecule has 0 radical (unpaired) electrons. The van der Waals surface area contributed by atoms with Gasteiger partial charge in [-0.2, -0.15) is 0 Å². The summed E-state index contributed by atoms with van der Waals surface area (Å²) in [4.78, 5) is 2.56. The van der Waals surface area contributed by atoms with E-state index >= 15 is 0 Å². The fourth-order valence-electron chi connectivity index (χ4n) is 3.85. The Bertz CT molecular complexity index is 440. The molecule has 21 heavy (non-hydrogen) atoms. The van der Waals surface area contributed by atoms with Gasteiger partial charge in [0.25, 0.3) is 0 Å². The maximum Gasteiger partial charge on any atom is 0.0345 e. The van der Waals surface area contributed by atoms with Gasteiger partial charge >= 0.3 is 0 Å². The van der Waals surface area contributed by atoms with Gasteiger partial charge < -0.3 is 11.1 Å². The lowest BCUT2D eigenvalue weighted by Crippen LogP contribution is -2.36. The van der Waals surface area contributed by atoms with E-state index in [-0.39, 0.29) is 0 Å². The maximum absolute atomic E-state index is 5.94. The number of benzene rings is 1. The van der Waals surface area contributed by atoms with Crippen LogP contribution in [0.4, 0.5) is 5.69 Å². The molecule has 2 unspecified atom stereocenters. The summed E-state index contributed by atoms with van der Waals surface area (Å²) in [6.45, 7) is 4.43. The highest BCUT2D eigenvalue weighted by molar-refractivity contribution is 5.46. The van der Waals surface area contributed by atoms with Crippen LogP contribution in [-0.2, 0) is 6.54 Å². The van der Waals surface area contributed by atoms with E-state index in [4.69, 9.17) is 5.73 Å². The third-order valence-corrected chi connectivity index (χ3v) is 5.10. The molecule has 0 bridgehead atoms. The summed E-state index contributed by atoms with van der Waals surface area (Å²) in [5, 5.41) is 3.75. The van der Waals surface area contributed by atoms with E-state index in [0.29, 0.717) is 12.0 Å². The Morgan fingerprint density at radius 2 is 1.90 bits per heavy atom. The number of nitrogens with two attached hydrogens (primary N) is 1. The zero-order valence-corrected chi connectivity index (χ0v) is 13.1. The third-order valence-electron chi connectivity index (χ3n) is 5.10. The van der Waals surface area contributed by atoms with Crippen LogP contribution in [-0.4, -0.2) is 30.6 Å². The molecule has 3 nitrogen and oxygen atoms in total. The lowest BCUT2D eigenvalue weighted by molar-refractivity contribution is 0.330. The monoisotopic (exact) mass is 287 g/mol. The quantitative estimate of drug-likeness (QED) is 0.874. The molecule has 1 aromatic rings. The summed E-state index contributed by atoms with van der Waals surface area (Å²) in [6, 6.07) is 9.54. The normalized spacial score (nSPS) is 26.9. The molecule has 3 rings (SSSR count). The smallest absolute Gasteiger partial charge is 0.0345 e. The molecular weight excluding hydrogens is 258 g/mol. The van der Waals surface area contributed by atoms with Crippen molar-refractivity contribution in [1.82, 2.24) is 4.90 Å². The van der Waals surface area contributed by atoms with Gasteiger partial charge in [0.1, 0.15) is 0 Å². The molecule has 1 heterocycles. The molecule has 0 aromatic heterocycles. The Kier molecular flexibility index (Phi) is 5.15. The van der Waals surface area contributed by atoms with Crippen LogP contribution in [0.25, 0.3) is 0 Å². The van der Waals surface area contributed by atoms with Crippen molar-refractivity contribution in [2.24, 2.45) is 11.7 Å². The first-order chi connectivity index (χ1) is 10.3. The van der Waals surface area contributed by atoms with E-state index in [9.17, 15) is 0 Å². The van der Waals surface area contributed by atoms with Crippen LogP contribution in [0.15, 0.2) is 24.3 Å². The van der Waals surface area contributed by atoms with E-state index < -0.39 is 0 Å². The van der Waals surface area contributed by atoms with Gasteiger partial charge in [0, 0.05) is 18.3 Å². The predicted molar refractivity (Wildman–Crippen MR) is 89.4 cm³/mol. The largest absolute Gasteiger partial charge is 0.382 e. The molecule has 1 aliphatic heterocycles. The number of nitrogens with one attached hydrogen (secondary N) is 1.